The molecule has 0 aliphatic heterocycles. The quantitative estimate of drug-likeness (QED) is 0.296. The van der Waals surface area contributed by atoms with E-state index >= 15 is 0 Å². The van der Waals surface area contributed by atoms with E-state index in [1.807, 2.05) is 0 Å². The van der Waals surface area contributed by atoms with Gasteiger partial charge >= 0.3 is 65.1 Å². The third-order valence-electron chi connectivity index (χ3n) is 4.49. The SMILES string of the molecule is CCCCCCCCCCCCCCCCCCCC(=O)O.[H-].[H-].[Na+].[Na+]. The summed E-state index contributed by atoms with van der Waals surface area (Å²) in [5.41, 5.74) is 0. The van der Waals surface area contributed by atoms with Crippen molar-refractivity contribution in [2.75, 3.05) is 0 Å². The Kier molecular flexibility index (Phi) is 33.6. The zero-order chi connectivity index (χ0) is 16.3. The summed E-state index contributed by atoms with van der Waals surface area (Å²) < 4.78 is 0. The number of carboxylic acids is 1. The summed E-state index contributed by atoms with van der Waals surface area (Å²) in [5.74, 6) is -0.652. The topological polar surface area (TPSA) is 37.3 Å². The number of carbonyl (C=O) groups is 1. The fraction of sp³-hybridized carbons (Fsp3) is 0.950. The number of hydrogen-bond donors (Lipinski definition) is 1. The molecule has 0 aliphatic carbocycles. The van der Waals surface area contributed by atoms with Crippen molar-refractivity contribution in [3.05, 3.63) is 0 Å². The minimum Gasteiger partial charge on any atom is -1.00 e. The van der Waals surface area contributed by atoms with E-state index in [4.69, 9.17) is 5.11 Å². The smallest absolute Gasteiger partial charge is 1.00 e. The molecule has 0 saturated heterocycles. The molecule has 0 heterocycles. The van der Waals surface area contributed by atoms with Crippen molar-refractivity contribution < 1.29 is 71.9 Å². The average molecular weight is 361 g/mol. The fourth-order valence-corrected chi connectivity index (χ4v) is 3.00. The van der Waals surface area contributed by atoms with Crippen LogP contribution in [0.2, 0.25) is 0 Å². The van der Waals surface area contributed by atoms with Crippen molar-refractivity contribution in [2.45, 2.75) is 122 Å². The van der Waals surface area contributed by atoms with E-state index in [0.29, 0.717) is 6.42 Å². The molecule has 0 radical (unpaired) electrons. The third kappa shape index (κ3) is 28.3. The Morgan fingerprint density at radius 1 is 0.583 bits per heavy atom. The molecule has 0 aliphatic rings. The molecule has 0 unspecified atom stereocenters. The van der Waals surface area contributed by atoms with Gasteiger partial charge in [-0.3, -0.25) is 4.79 Å². The molecule has 0 aromatic rings. The van der Waals surface area contributed by atoms with Crippen LogP contribution in [0.3, 0.4) is 0 Å². The first-order chi connectivity index (χ1) is 10.8. The van der Waals surface area contributed by atoms with Crippen LogP contribution in [-0.4, -0.2) is 11.1 Å². The second kappa shape index (κ2) is 26.7. The molecule has 4 heteroatoms. The van der Waals surface area contributed by atoms with E-state index in [1.165, 1.54) is 96.3 Å². The molecule has 1 N–H and O–H groups in total. The first-order valence-electron chi connectivity index (χ1n) is 9.99. The van der Waals surface area contributed by atoms with Gasteiger partial charge < -0.3 is 7.96 Å². The maximum absolute atomic E-state index is 10.4. The molecule has 0 rings (SSSR count). The number of rotatable bonds is 18. The van der Waals surface area contributed by atoms with Gasteiger partial charge in [-0.05, 0) is 6.42 Å². The molecular weight excluding hydrogens is 318 g/mol. The minimum atomic E-state index is -0.652. The molecule has 0 saturated carbocycles. The monoisotopic (exact) mass is 360 g/mol. The Balaban J connectivity index is -0.000000367. The maximum atomic E-state index is 10.4. The Morgan fingerprint density at radius 3 is 1.08 bits per heavy atom. The molecule has 0 fully saturated rings. The van der Waals surface area contributed by atoms with E-state index in [1.54, 1.807) is 0 Å². The minimum absolute atomic E-state index is 0. The van der Waals surface area contributed by atoms with Crippen LogP contribution in [-0.2, 0) is 4.79 Å². The van der Waals surface area contributed by atoms with E-state index < -0.39 is 5.97 Å². The fourth-order valence-electron chi connectivity index (χ4n) is 3.00. The predicted octanol–water partition coefficient (Wildman–Crippen LogP) is 1.35. The molecule has 0 atom stereocenters. The maximum Gasteiger partial charge on any atom is 1.00 e. The van der Waals surface area contributed by atoms with E-state index in [9.17, 15) is 4.79 Å². The molecule has 136 valence electrons. The van der Waals surface area contributed by atoms with E-state index in [0.717, 1.165) is 12.8 Å². The molecule has 24 heavy (non-hydrogen) atoms. The summed E-state index contributed by atoms with van der Waals surface area (Å²) in [7, 11) is 0. The van der Waals surface area contributed by atoms with Crippen LogP contribution in [0.25, 0.3) is 0 Å². The molecule has 0 aromatic carbocycles. The van der Waals surface area contributed by atoms with Gasteiger partial charge in [0.15, 0.2) is 0 Å². The summed E-state index contributed by atoms with van der Waals surface area (Å²) in [4.78, 5) is 10.4. The Labute approximate surface area is 198 Å². The van der Waals surface area contributed by atoms with Gasteiger partial charge in [-0.1, -0.05) is 110 Å². The molecule has 0 spiro atoms. The Hall–Kier alpha value is 1.47. The zero-order valence-corrected chi connectivity index (χ0v) is 21.1. The van der Waals surface area contributed by atoms with Crippen LogP contribution in [0.4, 0.5) is 0 Å². The second-order valence-electron chi connectivity index (χ2n) is 6.80. The van der Waals surface area contributed by atoms with Gasteiger partial charge in [0, 0.05) is 6.42 Å². The van der Waals surface area contributed by atoms with Gasteiger partial charge in [-0.15, -0.1) is 0 Å². The van der Waals surface area contributed by atoms with Gasteiger partial charge in [0.1, 0.15) is 0 Å². The summed E-state index contributed by atoms with van der Waals surface area (Å²) in [6, 6.07) is 0. The molecule has 2 nitrogen and oxygen atoms in total. The van der Waals surface area contributed by atoms with Crippen LogP contribution in [0.15, 0.2) is 0 Å². The van der Waals surface area contributed by atoms with Gasteiger partial charge in [0.25, 0.3) is 0 Å². The second-order valence-corrected chi connectivity index (χ2v) is 6.80. The zero-order valence-electron chi connectivity index (χ0n) is 19.1. The van der Waals surface area contributed by atoms with Gasteiger partial charge in [0.05, 0.1) is 0 Å². The number of carboxylic acid groups (broad SMARTS) is 1. The molecule has 0 aromatic heterocycles. The van der Waals surface area contributed by atoms with Crippen molar-refractivity contribution in [3.63, 3.8) is 0 Å². The molecule has 0 bridgehead atoms. The van der Waals surface area contributed by atoms with Crippen LogP contribution < -0.4 is 59.1 Å². The summed E-state index contributed by atoms with van der Waals surface area (Å²) in [6.07, 6.45) is 23.1. The van der Waals surface area contributed by atoms with Crippen molar-refractivity contribution in [1.82, 2.24) is 0 Å². The summed E-state index contributed by atoms with van der Waals surface area (Å²) in [5, 5.41) is 8.54. The molecular formula is C20H42Na2O2. The van der Waals surface area contributed by atoms with E-state index in [-0.39, 0.29) is 62.0 Å². The Bertz CT molecular complexity index is 246. The number of unbranched alkanes of at least 4 members (excludes halogenated alkanes) is 16. The van der Waals surface area contributed by atoms with Gasteiger partial charge in [-0.2, -0.15) is 0 Å². The van der Waals surface area contributed by atoms with Gasteiger partial charge in [-0.25, -0.2) is 0 Å². The first-order valence-corrected chi connectivity index (χ1v) is 9.99. The first kappa shape index (κ1) is 30.2. The van der Waals surface area contributed by atoms with Crippen molar-refractivity contribution in [2.24, 2.45) is 0 Å². The number of hydrogen-bond acceptors (Lipinski definition) is 1. The van der Waals surface area contributed by atoms with E-state index in [2.05, 4.69) is 6.92 Å². The standard InChI is InChI=1S/C20H40O2.2Na.2H/c1-2-3-4-5-6-7-8-9-10-11-12-13-14-15-16-17-18-19-20(21)22;;;;/h2-19H2,1H3,(H,21,22);;;;/q;2*+1;2*-1. The van der Waals surface area contributed by atoms with Crippen LogP contribution in [0.1, 0.15) is 125 Å². The molecule has 0 amide bonds. The van der Waals surface area contributed by atoms with Crippen molar-refractivity contribution in [1.29, 1.82) is 0 Å². The van der Waals surface area contributed by atoms with Gasteiger partial charge in [0.2, 0.25) is 0 Å². The Morgan fingerprint density at radius 2 is 0.833 bits per heavy atom. The van der Waals surface area contributed by atoms with Crippen LogP contribution >= 0.6 is 0 Å². The summed E-state index contributed by atoms with van der Waals surface area (Å²) in [6.45, 7) is 2.28. The normalized spacial score (nSPS) is 10.0. The predicted molar refractivity (Wildman–Crippen MR) is 98.6 cm³/mol. The third-order valence-corrected chi connectivity index (χ3v) is 4.49. The number of aliphatic carboxylic acids is 1. The van der Waals surface area contributed by atoms with Crippen molar-refractivity contribution in [3.8, 4) is 0 Å². The van der Waals surface area contributed by atoms with Crippen molar-refractivity contribution >= 4 is 5.97 Å². The average Bonchev–Trinajstić information content (AvgIpc) is 2.50. The van der Waals surface area contributed by atoms with Crippen LogP contribution in [0, 0.1) is 0 Å². The summed E-state index contributed by atoms with van der Waals surface area (Å²) >= 11 is 0. The van der Waals surface area contributed by atoms with Crippen LogP contribution in [0.5, 0.6) is 0 Å². The largest absolute Gasteiger partial charge is 1.00 e.